The van der Waals surface area contributed by atoms with Crippen molar-refractivity contribution in [1.82, 2.24) is 0 Å². The lowest BCUT2D eigenvalue weighted by molar-refractivity contribution is -0.132. The molecule has 2 aliphatic heterocycles. The number of Topliss-reactive ketones (excluding diaryl/α,β-unsaturated/α-hetero) is 1. The summed E-state index contributed by atoms with van der Waals surface area (Å²) >= 11 is 0. The summed E-state index contributed by atoms with van der Waals surface area (Å²) in [7, 11) is 0. The maximum Gasteiger partial charge on any atom is 0.190 e. The average Bonchev–Trinajstić information content (AvgIpc) is 3.73. The fourth-order valence-electron chi connectivity index (χ4n) is 9.16. The molecule has 2 spiro atoms. The van der Waals surface area contributed by atoms with Gasteiger partial charge < -0.3 is 0 Å². The van der Waals surface area contributed by atoms with Gasteiger partial charge in [-0.05, 0) is 79.6 Å². The van der Waals surface area contributed by atoms with Gasteiger partial charge in [0.05, 0.1) is 34.6 Å². The first-order chi connectivity index (χ1) is 26.0. The fraction of sp³-hybridized carbons (Fsp3) is 0.188. The highest BCUT2D eigenvalue weighted by Crippen LogP contribution is 2.59. The summed E-state index contributed by atoms with van der Waals surface area (Å²) in [6, 6.07) is 58.9. The van der Waals surface area contributed by atoms with Crippen LogP contribution in [-0.2, 0) is 4.79 Å². The molecule has 1 saturated carbocycles. The zero-order chi connectivity index (χ0) is 36.0. The lowest BCUT2D eigenvalue weighted by atomic mass is 9.57. The number of hydrogen-bond donors (Lipinski definition) is 0. The molecule has 1 aliphatic carbocycles. The largest absolute Gasteiger partial charge is 0.294 e. The Morgan fingerprint density at radius 2 is 0.811 bits per heavy atom. The van der Waals surface area contributed by atoms with Gasteiger partial charge in [0.25, 0.3) is 0 Å². The standard InChI is InChI=1S/C48H42N4O/c1-34-24-28-40(29-25-34)51-47(42(36-16-7-3-8-17-36)44(49-51)38-20-11-5-12-21-38)32-15-33-48(46(47)53)43(37-18-9-4-10-19-37)45(39-22-13-6-14-23-39)50-52(48)41-30-26-35(2)27-31-41/h3-14,16-31,42-43H,15,32-33H2,1-2H3/t42-,43-,47?,48?/m1/s1. The Labute approximate surface area is 311 Å². The molecule has 0 bridgehead atoms. The number of carbonyl (C=O) groups excluding carboxylic acids is 1. The minimum absolute atomic E-state index is 0.143. The van der Waals surface area contributed by atoms with Crippen LogP contribution in [0.25, 0.3) is 0 Å². The van der Waals surface area contributed by atoms with Gasteiger partial charge in [0, 0.05) is 0 Å². The first-order valence-electron chi connectivity index (χ1n) is 18.7. The Morgan fingerprint density at radius 1 is 0.472 bits per heavy atom. The van der Waals surface area contributed by atoms with Crippen molar-refractivity contribution in [2.24, 2.45) is 10.2 Å². The van der Waals surface area contributed by atoms with Gasteiger partial charge in [0.1, 0.15) is 11.1 Å². The van der Waals surface area contributed by atoms with Crippen molar-refractivity contribution < 1.29 is 4.79 Å². The van der Waals surface area contributed by atoms with E-state index in [1.54, 1.807) is 0 Å². The molecule has 5 nitrogen and oxygen atoms in total. The van der Waals surface area contributed by atoms with E-state index in [1.807, 2.05) is 24.3 Å². The molecule has 0 amide bonds. The highest BCUT2D eigenvalue weighted by atomic mass is 16.1. The monoisotopic (exact) mass is 690 g/mol. The van der Waals surface area contributed by atoms with Crippen molar-refractivity contribution in [2.75, 3.05) is 10.0 Å². The number of ketones is 1. The second kappa shape index (κ2) is 13.2. The minimum Gasteiger partial charge on any atom is -0.294 e. The third-order valence-electron chi connectivity index (χ3n) is 11.5. The van der Waals surface area contributed by atoms with E-state index < -0.39 is 11.1 Å². The highest BCUT2D eigenvalue weighted by molar-refractivity contribution is 6.21. The van der Waals surface area contributed by atoms with Crippen LogP contribution < -0.4 is 10.0 Å². The number of anilines is 2. The molecule has 6 aromatic rings. The van der Waals surface area contributed by atoms with Crippen molar-refractivity contribution >= 4 is 28.6 Å². The van der Waals surface area contributed by atoms with Gasteiger partial charge in [0.2, 0.25) is 0 Å². The molecule has 1 fully saturated rings. The van der Waals surface area contributed by atoms with Crippen molar-refractivity contribution in [3.05, 3.63) is 203 Å². The van der Waals surface area contributed by atoms with Crippen LogP contribution >= 0.6 is 0 Å². The molecule has 4 atom stereocenters. The van der Waals surface area contributed by atoms with Gasteiger partial charge in [-0.25, -0.2) is 0 Å². The second-order valence-corrected chi connectivity index (χ2v) is 14.7. The fourth-order valence-corrected chi connectivity index (χ4v) is 9.16. The molecule has 0 radical (unpaired) electrons. The summed E-state index contributed by atoms with van der Waals surface area (Å²) in [4.78, 5) is 17.0. The lowest BCUT2D eigenvalue weighted by Gasteiger charge is -2.53. The summed E-state index contributed by atoms with van der Waals surface area (Å²) in [6.45, 7) is 4.20. The summed E-state index contributed by atoms with van der Waals surface area (Å²) in [5.41, 5.74) is 8.03. The van der Waals surface area contributed by atoms with Gasteiger partial charge in [-0.2, -0.15) is 10.2 Å². The van der Waals surface area contributed by atoms with Gasteiger partial charge in [-0.15, -0.1) is 0 Å². The van der Waals surface area contributed by atoms with Crippen LogP contribution in [0.4, 0.5) is 11.4 Å². The SMILES string of the molecule is Cc1ccc(N2N=C(c3ccccc3)[C@@H](c3ccccc3)C23CCCC2(C3=O)[C@H](c3ccccc3)C(c3ccccc3)=NN2c2ccc(C)cc2)cc1. The normalized spacial score (nSPS) is 23.8. The number of hydrazone groups is 2. The molecule has 260 valence electrons. The maximum atomic E-state index is 17.0. The minimum atomic E-state index is -1.06. The Hall–Kier alpha value is -6.07. The van der Waals surface area contributed by atoms with Gasteiger partial charge in [0.15, 0.2) is 5.78 Å². The van der Waals surface area contributed by atoms with E-state index in [0.717, 1.165) is 62.6 Å². The third kappa shape index (κ3) is 5.25. The number of benzene rings is 6. The summed E-state index contributed by atoms with van der Waals surface area (Å²) in [5, 5.41) is 15.3. The molecule has 9 rings (SSSR count). The van der Waals surface area contributed by atoms with E-state index in [4.69, 9.17) is 10.2 Å². The smallest absolute Gasteiger partial charge is 0.190 e. The third-order valence-corrected chi connectivity index (χ3v) is 11.5. The van der Waals surface area contributed by atoms with E-state index in [2.05, 4.69) is 169 Å². The van der Waals surface area contributed by atoms with Crippen LogP contribution in [0.1, 0.15) is 64.5 Å². The number of rotatable bonds is 6. The van der Waals surface area contributed by atoms with E-state index in [9.17, 15) is 0 Å². The Morgan fingerprint density at radius 3 is 1.17 bits per heavy atom. The molecule has 0 aromatic heterocycles. The van der Waals surface area contributed by atoms with Crippen LogP contribution in [0.5, 0.6) is 0 Å². The quantitative estimate of drug-likeness (QED) is 0.175. The number of nitrogens with zero attached hydrogens (tertiary/aromatic N) is 4. The van der Waals surface area contributed by atoms with Crippen LogP contribution in [0.15, 0.2) is 180 Å². The van der Waals surface area contributed by atoms with E-state index in [-0.39, 0.29) is 17.6 Å². The number of hydrogen-bond acceptors (Lipinski definition) is 5. The van der Waals surface area contributed by atoms with Crippen molar-refractivity contribution in [3.63, 3.8) is 0 Å². The predicted octanol–water partition coefficient (Wildman–Crippen LogP) is 10.3. The van der Waals surface area contributed by atoms with Gasteiger partial charge in [-0.3, -0.25) is 14.8 Å². The molecule has 53 heavy (non-hydrogen) atoms. The van der Waals surface area contributed by atoms with E-state index >= 15 is 4.79 Å². The first kappa shape index (κ1) is 32.8. The second-order valence-electron chi connectivity index (χ2n) is 14.7. The Kier molecular flexibility index (Phi) is 8.15. The lowest BCUT2D eigenvalue weighted by Crippen LogP contribution is -2.70. The van der Waals surface area contributed by atoms with Crippen molar-refractivity contribution in [1.29, 1.82) is 0 Å². The molecular formula is C48H42N4O. The molecule has 0 N–H and O–H groups in total. The summed E-state index contributed by atoms with van der Waals surface area (Å²) < 4.78 is 0. The van der Waals surface area contributed by atoms with E-state index in [1.165, 1.54) is 0 Å². The highest BCUT2D eigenvalue weighted by Gasteiger charge is 2.70. The summed E-state index contributed by atoms with van der Waals surface area (Å²) in [6.07, 6.45) is 2.09. The maximum absolute atomic E-state index is 17.0. The van der Waals surface area contributed by atoms with Crippen LogP contribution in [0.3, 0.4) is 0 Å². The average molecular weight is 691 g/mol. The molecule has 2 heterocycles. The Bertz CT molecular complexity index is 2140. The van der Waals surface area contributed by atoms with Gasteiger partial charge in [-0.1, -0.05) is 157 Å². The zero-order valence-corrected chi connectivity index (χ0v) is 30.1. The molecule has 5 heteroatoms. The number of carbonyl (C=O) groups is 1. The van der Waals surface area contributed by atoms with Gasteiger partial charge >= 0.3 is 0 Å². The molecule has 3 aliphatic rings. The molecule has 0 saturated heterocycles. The summed E-state index contributed by atoms with van der Waals surface area (Å²) in [5.74, 6) is -0.534. The molecule has 2 unspecified atom stereocenters. The molecule has 6 aromatic carbocycles. The first-order valence-corrected chi connectivity index (χ1v) is 18.7. The number of aryl methyl sites for hydroxylation is 2. The van der Waals surface area contributed by atoms with Crippen LogP contribution in [0.2, 0.25) is 0 Å². The van der Waals surface area contributed by atoms with E-state index in [0.29, 0.717) is 12.8 Å². The Balaban J connectivity index is 1.34. The predicted molar refractivity (Wildman–Crippen MR) is 216 cm³/mol. The zero-order valence-electron chi connectivity index (χ0n) is 30.1. The van der Waals surface area contributed by atoms with Crippen molar-refractivity contribution in [3.8, 4) is 0 Å². The molecular weight excluding hydrogens is 649 g/mol. The topological polar surface area (TPSA) is 48.3 Å². The van der Waals surface area contributed by atoms with Crippen LogP contribution in [0, 0.1) is 13.8 Å². The van der Waals surface area contributed by atoms with Crippen molar-refractivity contribution in [2.45, 2.75) is 56.0 Å². The van der Waals surface area contributed by atoms with Crippen LogP contribution in [-0.4, -0.2) is 28.3 Å².